The Morgan fingerprint density at radius 1 is 1.47 bits per heavy atom. The predicted molar refractivity (Wildman–Crippen MR) is 63.9 cm³/mol. The number of aliphatic hydroxyl groups is 1. The first-order valence-electron chi connectivity index (χ1n) is 6.61. The van der Waals surface area contributed by atoms with Gasteiger partial charge in [0.1, 0.15) is 5.82 Å². The van der Waals surface area contributed by atoms with E-state index in [4.69, 9.17) is 4.74 Å². The molecule has 94 valence electrons. The molecule has 1 N–H and O–H groups in total. The van der Waals surface area contributed by atoms with Gasteiger partial charge in [-0.05, 0) is 31.6 Å². The SMILES string of the molecule is OCC1CCn2c(cnc2C2CCCOC2)C1. The van der Waals surface area contributed by atoms with E-state index >= 15 is 0 Å². The number of rotatable bonds is 2. The van der Waals surface area contributed by atoms with Gasteiger partial charge in [-0.1, -0.05) is 0 Å². The fourth-order valence-corrected chi connectivity index (χ4v) is 2.98. The van der Waals surface area contributed by atoms with Crippen molar-refractivity contribution in [3.63, 3.8) is 0 Å². The summed E-state index contributed by atoms with van der Waals surface area (Å²) in [5, 5.41) is 9.22. The zero-order valence-electron chi connectivity index (χ0n) is 10.1. The molecule has 2 unspecified atom stereocenters. The van der Waals surface area contributed by atoms with Crippen LogP contribution in [0.25, 0.3) is 0 Å². The van der Waals surface area contributed by atoms with Gasteiger partial charge in [0.05, 0.1) is 6.61 Å². The molecule has 4 heteroatoms. The van der Waals surface area contributed by atoms with Gasteiger partial charge in [-0.15, -0.1) is 0 Å². The van der Waals surface area contributed by atoms with Crippen LogP contribution in [0.3, 0.4) is 0 Å². The molecule has 1 aromatic heterocycles. The summed E-state index contributed by atoms with van der Waals surface area (Å²) in [5.74, 6) is 2.11. The van der Waals surface area contributed by atoms with Crippen LogP contribution in [0.15, 0.2) is 6.20 Å². The molecule has 2 atom stereocenters. The lowest BCUT2D eigenvalue weighted by Gasteiger charge is -2.27. The molecule has 0 saturated carbocycles. The van der Waals surface area contributed by atoms with Crippen LogP contribution in [-0.4, -0.2) is 34.5 Å². The lowest BCUT2D eigenvalue weighted by Crippen LogP contribution is -2.25. The van der Waals surface area contributed by atoms with Crippen LogP contribution in [0.2, 0.25) is 0 Å². The molecule has 0 spiro atoms. The monoisotopic (exact) mass is 236 g/mol. The third-order valence-electron chi connectivity index (χ3n) is 4.01. The van der Waals surface area contributed by atoms with Crippen molar-refractivity contribution in [3.05, 3.63) is 17.7 Å². The van der Waals surface area contributed by atoms with Crippen molar-refractivity contribution < 1.29 is 9.84 Å². The van der Waals surface area contributed by atoms with Crippen LogP contribution in [-0.2, 0) is 17.7 Å². The van der Waals surface area contributed by atoms with Crippen molar-refractivity contribution in [2.75, 3.05) is 19.8 Å². The second-order valence-corrected chi connectivity index (χ2v) is 5.21. The zero-order chi connectivity index (χ0) is 11.7. The Labute approximate surface area is 102 Å². The zero-order valence-corrected chi connectivity index (χ0v) is 10.1. The van der Waals surface area contributed by atoms with Crippen molar-refractivity contribution in [3.8, 4) is 0 Å². The smallest absolute Gasteiger partial charge is 0.114 e. The Morgan fingerprint density at radius 2 is 2.41 bits per heavy atom. The van der Waals surface area contributed by atoms with Gasteiger partial charge in [0.15, 0.2) is 0 Å². The minimum Gasteiger partial charge on any atom is -0.396 e. The molecule has 0 amide bonds. The lowest BCUT2D eigenvalue weighted by atomic mass is 9.96. The Bertz CT molecular complexity index is 383. The van der Waals surface area contributed by atoms with E-state index < -0.39 is 0 Å². The summed E-state index contributed by atoms with van der Waals surface area (Å²) in [7, 11) is 0. The maximum absolute atomic E-state index is 9.22. The van der Waals surface area contributed by atoms with E-state index in [1.807, 2.05) is 6.20 Å². The number of hydrogen-bond donors (Lipinski definition) is 1. The third kappa shape index (κ3) is 2.11. The average Bonchev–Trinajstić information content (AvgIpc) is 2.82. The molecule has 1 aromatic rings. The maximum Gasteiger partial charge on any atom is 0.114 e. The number of imidazole rings is 1. The summed E-state index contributed by atoms with van der Waals surface area (Å²) >= 11 is 0. The van der Waals surface area contributed by atoms with Crippen LogP contribution < -0.4 is 0 Å². The summed E-state index contributed by atoms with van der Waals surface area (Å²) in [6.07, 6.45) is 6.37. The Hall–Kier alpha value is -0.870. The van der Waals surface area contributed by atoms with Crippen molar-refractivity contribution in [2.45, 2.75) is 38.1 Å². The highest BCUT2D eigenvalue weighted by molar-refractivity contribution is 5.13. The highest BCUT2D eigenvalue weighted by Crippen LogP contribution is 2.29. The maximum atomic E-state index is 9.22. The number of hydrogen-bond acceptors (Lipinski definition) is 3. The fraction of sp³-hybridized carbons (Fsp3) is 0.769. The summed E-state index contributed by atoms with van der Waals surface area (Å²) in [6.45, 7) is 3.02. The van der Waals surface area contributed by atoms with E-state index in [1.165, 1.54) is 17.9 Å². The molecule has 3 heterocycles. The number of nitrogens with zero attached hydrogens (tertiary/aromatic N) is 2. The molecular formula is C13H20N2O2. The van der Waals surface area contributed by atoms with Crippen molar-refractivity contribution >= 4 is 0 Å². The van der Waals surface area contributed by atoms with Crippen molar-refractivity contribution in [1.82, 2.24) is 9.55 Å². The quantitative estimate of drug-likeness (QED) is 0.842. The molecule has 4 nitrogen and oxygen atoms in total. The topological polar surface area (TPSA) is 47.3 Å². The van der Waals surface area contributed by atoms with Gasteiger partial charge in [0.2, 0.25) is 0 Å². The van der Waals surface area contributed by atoms with Crippen LogP contribution in [0.5, 0.6) is 0 Å². The largest absolute Gasteiger partial charge is 0.396 e. The van der Waals surface area contributed by atoms with Gasteiger partial charge in [0.25, 0.3) is 0 Å². The predicted octanol–water partition coefficient (Wildman–Crippen LogP) is 1.33. The van der Waals surface area contributed by atoms with Crippen LogP contribution in [0.1, 0.15) is 36.7 Å². The van der Waals surface area contributed by atoms with E-state index in [9.17, 15) is 5.11 Å². The second kappa shape index (κ2) is 4.78. The molecule has 3 rings (SSSR count). The van der Waals surface area contributed by atoms with Crippen LogP contribution in [0, 0.1) is 5.92 Å². The molecule has 2 aliphatic heterocycles. The lowest BCUT2D eigenvalue weighted by molar-refractivity contribution is 0.0764. The minimum absolute atomic E-state index is 0.299. The second-order valence-electron chi connectivity index (χ2n) is 5.21. The molecule has 0 aromatic carbocycles. The molecular weight excluding hydrogens is 216 g/mol. The Morgan fingerprint density at radius 3 is 3.18 bits per heavy atom. The molecule has 1 fully saturated rings. The number of aromatic nitrogens is 2. The average molecular weight is 236 g/mol. The Balaban J connectivity index is 1.80. The summed E-state index contributed by atoms with van der Waals surface area (Å²) in [4.78, 5) is 4.59. The van der Waals surface area contributed by atoms with Gasteiger partial charge in [-0.25, -0.2) is 4.98 Å². The van der Waals surface area contributed by atoms with Crippen LogP contribution in [0.4, 0.5) is 0 Å². The van der Waals surface area contributed by atoms with Crippen molar-refractivity contribution in [1.29, 1.82) is 0 Å². The van der Waals surface area contributed by atoms with Gasteiger partial charge in [0, 0.05) is 37.6 Å². The van der Waals surface area contributed by atoms with E-state index in [-0.39, 0.29) is 0 Å². The first-order valence-corrected chi connectivity index (χ1v) is 6.61. The highest BCUT2D eigenvalue weighted by atomic mass is 16.5. The molecule has 17 heavy (non-hydrogen) atoms. The molecule has 0 bridgehead atoms. The van der Waals surface area contributed by atoms with Crippen molar-refractivity contribution in [2.24, 2.45) is 5.92 Å². The first-order chi connectivity index (χ1) is 8.38. The van der Waals surface area contributed by atoms with Gasteiger partial charge >= 0.3 is 0 Å². The Kier molecular flexibility index (Phi) is 3.16. The summed E-state index contributed by atoms with van der Waals surface area (Å²) in [5.41, 5.74) is 1.29. The van der Waals surface area contributed by atoms with Crippen LogP contribution >= 0.6 is 0 Å². The number of ether oxygens (including phenoxy) is 1. The summed E-state index contributed by atoms with van der Waals surface area (Å²) in [6, 6.07) is 0. The van der Waals surface area contributed by atoms with Gasteiger partial charge < -0.3 is 14.4 Å². The van der Waals surface area contributed by atoms with Gasteiger partial charge in [-0.3, -0.25) is 0 Å². The van der Waals surface area contributed by atoms with E-state index in [0.29, 0.717) is 18.4 Å². The van der Waals surface area contributed by atoms with E-state index in [2.05, 4.69) is 9.55 Å². The van der Waals surface area contributed by atoms with E-state index in [1.54, 1.807) is 0 Å². The molecule has 0 radical (unpaired) electrons. The highest BCUT2D eigenvalue weighted by Gasteiger charge is 2.26. The first kappa shape index (κ1) is 11.2. The van der Waals surface area contributed by atoms with Gasteiger partial charge in [-0.2, -0.15) is 0 Å². The fourth-order valence-electron chi connectivity index (χ4n) is 2.98. The number of fused-ring (bicyclic) bond motifs is 1. The minimum atomic E-state index is 0.299. The standard InChI is InChI=1S/C13H20N2O2/c16-8-10-3-4-15-12(6-10)7-14-13(15)11-2-1-5-17-9-11/h7,10-11,16H,1-6,8-9H2. The number of aliphatic hydroxyl groups excluding tert-OH is 1. The van der Waals surface area contributed by atoms with E-state index in [0.717, 1.165) is 39.0 Å². The summed E-state index contributed by atoms with van der Waals surface area (Å²) < 4.78 is 7.90. The third-order valence-corrected chi connectivity index (χ3v) is 4.01. The normalized spacial score (nSPS) is 29.0. The molecule has 0 aliphatic carbocycles. The molecule has 2 aliphatic rings. The molecule has 1 saturated heterocycles.